The lowest BCUT2D eigenvalue weighted by Crippen LogP contribution is -2.15. The minimum Gasteiger partial charge on any atom is -0.312 e. The predicted octanol–water partition coefficient (Wildman–Crippen LogP) is 4.33. The first kappa shape index (κ1) is 21.1. The van der Waals surface area contributed by atoms with Crippen LogP contribution in [0.5, 0.6) is 0 Å². The van der Waals surface area contributed by atoms with Crippen LogP contribution < -0.4 is 0 Å². The molecule has 0 N–H and O–H groups in total. The highest BCUT2D eigenvalue weighted by Gasteiger charge is 2.19. The molecule has 0 saturated heterocycles. The van der Waals surface area contributed by atoms with E-state index in [0.717, 1.165) is 0 Å². The van der Waals surface area contributed by atoms with Crippen LogP contribution in [0, 0.1) is 0 Å². The molecule has 7 heteroatoms. The summed E-state index contributed by atoms with van der Waals surface area (Å²) in [5, 5.41) is 3.71. The largest absolute Gasteiger partial charge is 0.365 e. The molecular weight excluding hydrogens is 402 g/mol. The van der Waals surface area contributed by atoms with Crippen molar-refractivity contribution in [1.82, 2.24) is 0 Å². The molecule has 0 atom stereocenters. The molecule has 0 spiro atoms. The number of oxime groups is 1. The average molecular weight is 421 g/mol. The van der Waals surface area contributed by atoms with Gasteiger partial charge in [0.2, 0.25) is 15.6 Å². The van der Waals surface area contributed by atoms with Gasteiger partial charge in [-0.1, -0.05) is 48.5 Å². The molecule has 3 aromatic rings. The second-order valence-electron chi connectivity index (χ2n) is 6.31. The van der Waals surface area contributed by atoms with Crippen LogP contribution in [0.25, 0.3) is 0 Å². The van der Waals surface area contributed by atoms with E-state index in [1.165, 1.54) is 36.4 Å². The van der Waals surface area contributed by atoms with E-state index in [-0.39, 0.29) is 27.5 Å². The topological polar surface area (TPSA) is 89.9 Å². The first-order valence-electron chi connectivity index (χ1n) is 9.21. The van der Waals surface area contributed by atoms with Crippen molar-refractivity contribution in [2.75, 3.05) is 0 Å². The van der Waals surface area contributed by atoms with Crippen molar-refractivity contribution in [2.24, 2.45) is 5.16 Å². The molecule has 0 radical (unpaired) electrons. The van der Waals surface area contributed by atoms with Crippen LogP contribution >= 0.6 is 0 Å². The van der Waals surface area contributed by atoms with E-state index in [9.17, 15) is 18.0 Å². The highest BCUT2D eigenvalue weighted by molar-refractivity contribution is 7.91. The van der Waals surface area contributed by atoms with Crippen LogP contribution in [0.3, 0.4) is 0 Å². The van der Waals surface area contributed by atoms with Gasteiger partial charge in [0.15, 0.2) is 0 Å². The van der Waals surface area contributed by atoms with Gasteiger partial charge >= 0.3 is 5.97 Å². The Balaban J connectivity index is 1.78. The van der Waals surface area contributed by atoms with Crippen molar-refractivity contribution in [2.45, 2.75) is 23.1 Å². The Hall–Kier alpha value is -3.58. The van der Waals surface area contributed by atoms with Crippen LogP contribution in [0.1, 0.15) is 34.1 Å². The van der Waals surface area contributed by atoms with Crippen molar-refractivity contribution < 1.29 is 22.8 Å². The Morgan fingerprint density at radius 3 is 1.87 bits per heavy atom. The Morgan fingerprint density at radius 2 is 1.30 bits per heavy atom. The fourth-order valence-corrected chi connectivity index (χ4v) is 3.96. The molecule has 0 unspecified atom stereocenters. The lowest BCUT2D eigenvalue weighted by atomic mass is 10.1. The minimum atomic E-state index is -3.67. The number of ketones is 1. The molecule has 0 fully saturated rings. The Bertz CT molecular complexity index is 1170. The molecule has 0 saturated carbocycles. The van der Waals surface area contributed by atoms with Gasteiger partial charge in [-0.3, -0.25) is 4.79 Å². The van der Waals surface area contributed by atoms with Crippen LogP contribution in [0.15, 0.2) is 99.9 Å². The zero-order valence-electron chi connectivity index (χ0n) is 16.2. The summed E-state index contributed by atoms with van der Waals surface area (Å²) in [6.45, 7) is 1.71. The van der Waals surface area contributed by atoms with Gasteiger partial charge in [0.05, 0.1) is 15.4 Å². The van der Waals surface area contributed by atoms with Crippen molar-refractivity contribution in [1.29, 1.82) is 0 Å². The number of hydrogen-bond donors (Lipinski definition) is 0. The van der Waals surface area contributed by atoms with E-state index in [4.69, 9.17) is 4.84 Å². The summed E-state index contributed by atoms with van der Waals surface area (Å²) in [6.07, 6.45) is 0.241. The molecule has 0 aliphatic carbocycles. The number of rotatable bonds is 7. The predicted molar refractivity (Wildman–Crippen MR) is 112 cm³/mol. The van der Waals surface area contributed by atoms with Crippen molar-refractivity contribution in [3.05, 3.63) is 96.1 Å². The quantitative estimate of drug-likeness (QED) is 0.245. The van der Waals surface area contributed by atoms with Gasteiger partial charge < -0.3 is 4.84 Å². The molecule has 0 aliphatic heterocycles. The molecule has 3 aromatic carbocycles. The third-order valence-corrected chi connectivity index (χ3v) is 6.11. The summed E-state index contributed by atoms with van der Waals surface area (Å²) < 4.78 is 25.3. The number of carbonyl (C=O) groups is 2. The monoisotopic (exact) mass is 421 g/mol. The zero-order valence-corrected chi connectivity index (χ0v) is 17.0. The van der Waals surface area contributed by atoms with Crippen molar-refractivity contribution in [3.8, 4) is 0 Å². The molecule has 0 amide bonds. The smallest absolute Gasteiger partial charge is 0.312 e. The third kappa shape index (κ3) is 4.69. The van der Waals surface area contributed by atoms with Gasteiger partial charge in [-0.15, -0.1) is 0 Å². The summed E-state index contributed by atoms with van der Waals surface area (Å²) in [5.41, 5.74) is 0.621. The second-order valence-corrected chi connectivity index (χ2v) is 8.26. The van der Waals surface area contributed by atoms with Gasteiger partial charge in [0.25, 0.3) is 0 Å². The summed E-state index contributed by atoms with van der Waals surface area (Å²) in [7, 11) is -3.67. The van der Waals surface area contributed by atoms with Crippen molar-refractivity contribution in [3.63, 3.8) is 0 Å². The van der Waals surface area contributed by atoms with E-state index < -0.39 is 21.6 Å². The molecule has 0 aromatic heterocycles. The number of nitrogens with zero attached hydrogens (tertiary/aromatic N) is 1. The SMILES string of the molecule is CCC(=NOC(=O)c1ccccc1)C(=O)c1ccc(S(=O)(=O)c2ccccc2)cc1. The first-order valence-corrected chi connectivity index (χ1v) is 10.7. The molecular formula is C23H19NO5S. The fourth-order valence-electron chi connectivity index (χ4n) is 2.68. The maximum Gasteiger partial charge on any atom is 0.365 e. The standard InChI is InChI=1S/C23H19NO5S/c1-2-21(24-29-23(26)18-9-5-3-6-10-18)22(25)17-13-15-20(16-14-17)30(27,28)19-11-7-4-8-12-19/h3-16H,2H2,1H3. The highest BCUT2D eigenvalue weighted by atomic mass is 32.2. The number of benzene rings is 3. The molecule has 152 valence electrons. The lowest BCUT2D eigenvalue weighted by molar-refractivity contribution is 0.0515. The summed E-state index contributed by atoms with van der Waals surface area (Å²) in [6, 6.07) is 21.9. The molecule has 6 nitrogen and oxygen atoms in total. The number of sulfone groups is 1. The fraction of sp³-hybridized carbons (Fsp3) is 0.0870. The summed E-state index contributed by atoms with van der Waals surface area (Å²) in [5.74, 6) is -1.11. The summed E-state index contributed by atoms with van der Waals surface area (Å²) in [4.78, 5) is 29.8. The molecule has 0 aliphatic rings. The van der Waals surface area contributed by atoms with Gasteiger partial charge in [-0.25, -0.2) is 13.2 Å². The Labute approximate surface area is 174 Å². The zero-order chi connectivity index (χ0) is 21.6. The van der Waals surface area contributed by atoms with E-state index in [1.54, 1.807) is 55.5 Å². The molecule has 0 bridgehead atoms. The molecule has 3 rings (SSSR count). The van der Waals surface area contributed by atoms with Gasteiger partial charge in [-0.05, 0) is 55.0 Å². The third-order valence-electron chi connectivity index (χ3n) is 4.33. The second kappa shape index (κ2) is 9.28. The minimum absolute atomic E-state index is 0.0537. The number of hydrogen-bond acceptors (Lipinski definition) is 6. The molecule has 0 heterocycles. The van der Waals surface area contributed by atoms with Gasteiger partial charge in [0.1, 0.15) is 5.71 Å². The van der Waals surface area contributed by atoms with E-state index in [0.29, 0.717) is 5.56 Å². The highest BCUT2D eigenvalue weighted by Crippen LogP contribution is 2.21. The lowest BCUT2D eigenvalue weighted by Gasteiger charge is -2.07. The van der Waals surface area contributed by atoms with E-state index in [1.807, 2.05) is 0 Å². The maximum atomic E-state index is 12.7. The Morgan fingerprint density at radius 1 is 0.767 bits per heavy atom. The van der Waals surface area contributed by atoms with Gasteiger partial charge in [0, 0.05) is 5.56 Å². The van der Waals surface area contributed by atoms with Crippen LogP contribution in [-0.2, 0) is 14.7 Å². The maximum absolute atomic E-state index is 12.7. The van der Waals surface area contributed by atoms with Crippen LogP contribution in [0.2, 0.25) is 0 Å². The summed E-state index contributed by atoms with van der Waals surface area (Å²) >= 11 is 0. The van der Waals surface area contributed by atoms with Crippen LogP contribution in [0.4, 0.5) is 0 Å². The van der Waals surface area contributed by atoms with Crippen LogP contribution in [-0.4, -0.2) is 25.9 Å². The van der Waals surface area contributed by atoms with Crippen molar-refractivity contribution >= 4 is 27.3 Å². The first-order chi connectivity index (χ1) is 14.4. The van der Waals surface area contributed by atoms with E-state index >= 15 is 0 Å². The number of carbonyl (C=O) groups excluding carboxylic acids is 2. The average Bonchev–Trinajstić information content (AvgIpc) is 2.80. The molecule has 30 heavy (non-hydrogen) atoms. The van der Waals surface area contributed by atoms with Gasteiger partial charge in [-0.2, -0.15) is 0 Å². The number of Topliss-reactive ketones (excluding diaryl/α,β-unsaturated/α-hetero) is 1. The van der Waals surface area contributed by atoms with E-state index in [2.05, 4.69) is 5.16 Å². The normalized spacial score (nSPS) is 11.7. The Kier molecular flexibility index (Phi) is 6.54.